The Balaban J connectivity index is 1.70. The fourth-order valence-electron chi connectivity index (χ4n) is 3.29. The lowest BCUT2D eigenvalue weighted by atomic mass is 9.95. The quantitative estimate of drug-likeness (QED) is 0.798. The lowest BCUT2D eigenvalue weighted by Crippen LogP contribution is -2.27. The van der Waals surface area contributed by atoms with Crippen LogP contribution in [0.15, 0.2) is 24.3 Å². The Bertz CT molecular complexity index is 797. The van der Waals surface area contributed by atoms with Gasteiger partial charge in [-0.3, -0.25) is 4.79 Å². The van der Waals surface area contributed by atoms with Gasteiger partial charge >= 0.3 is 6.18 Å². The van der Waals surface area contributed by atoms with E-state index in [1.165, 1.54) is 22.9 Å². The van der Waals surface area contributed by atoms with Crippen molar-refractivity contribution in [1.82, 2.24) is 20.1 Å². The first kappa shape index (κ1) is 19.3. The highest BCUT2D eigenvalue weighted by molar-refractivity contribution is 5.78. The van der Waals surface area contributed by atoms with Crippen LogP contribution in [0.25, 0.3) is 0 Å². The average Bonchev–Trinajstić information content (AvgIpc) is 3.05. The van der Waals surface area contributed by atoms with E-state index in [2.05, 4.69) is 15.4 Å². The first-order chi connectivity index (χ1) is 12.8. The molecule has 0 unspecified atom stereocenters. The highest BCUT2D eigenvalue weighted by Gasteiger charge is 2.38. The van der Waals surface area contributed by atoms with Gasteiger partial charge in [-0.2, -0.15) is 13.2 Å². The number of nitrogens with zero attached hydrogens (tertiary/aromatic N) is 3. The predicted molar refractivity (Wildman–Crippen MR) is 89.1 cm³/mol. The van der Waals surface area contributed by atoms with E-state index in [9.17, 15) is 22.4 Å². The summed E-state index contributed by atoms with van der Waals surface area (Å²) in [5.74, 6) is -1.98. The van der Waals surface area contributed by atoms with Crippen LogP contribution in [0.1, 0.15) is 55.4 Å². The summed E-state index contributed by atoms with van der Waals surface area (Å²) < 4.78 is 53.5. The molecule has 0 spiro atoms. The predicted octanol–water partition coefficient (Wildman–Crippen LogP) is 3.80. The van der Waals surface area contributed by atoms with E-state index in [1.54, 1.807) is 6.07 Å². The summed E-state index contributed by atoms with van der Waals surface area (Å²) in [5, 5.41) is 6.22. The smallest absolute Gasteiger partial charge is 0.349 e. The zero-order valence-corrected chi connectivity index (χ0v) is 14.6. The summed E-state index contributed by atoms with van der Waals surface area (Å²) >= 11 is 0. The van der Waals surface area contributed by atoms with Crippen molar-refractivity contribution in [3.05, 3.63) is 47.3 Å². The molecule has 0 bridgehead atoms. The van der Waals surface area contributed by atoms with E-state index in [4.69, 9.17) is 0 Å². The molecule has 3 rings (SSSR count). The maximum atomic E-state index is 13.2. The van der Waals surface area contributed by atoms with Gasteiger partial charge in [0.2, 0.25) is 5.91 Å². The average molecular weight is 384 g/mol. The van der Waals surface area contributed by atoms with Gasteiger partial charge in [-0.1, -0.05) is 31.4 Å². The minimum absolute atomic E-state index is 0.0680. The van der Waals surface area contributed by atoms with E-state index in [0.29, 0.717) is 5.56 Å². The second-order valence-corrected chi connectivity index (χ2v) is 6.67. The number of halogens is 4. The van der Waals surface area contributed by atoms with E-state index in [1.807, 2.05) is 0 Å². The Kier molecular flexibility index (Phi) is 5.76. The molecule has 1 heterocycles. The molecule has 1 amide bonds. The molecule has 5 nitrogen and oxygen atoms in total. The molecule has 1 aliphatic carbocycles. The molecule has 0 radical (unpaired) electrons. The largest absolute Gasteiger partial charge is 0.453 e. The van der Waals surface area contributed by atoms with Gasteiger partial charge < -0.3 is 5.32 Å². The molecular formula is C18H20F4N4O. The van der Waals surface area contributed by atoms with Gasteiger partial charge in [-0.05, 0) is 30.5 Å². The molecule has 2 aromatic rings. The van der Waals surface area contributed by atoms with Crippen molar-refractivity contribution >= 4 is 5.91 Å². The second-order valence-electron chi connectivity index (χ2n) is 6.67. The molecule has 1 saturated carbocycles. The van der Waals surface area contributed by atoms with Gasteiger partial charge in [0.05, 0.1) is 19.0 Å². The summed E-state index contributed by atoms with van der Waals surface area (Å²) in [5.41, 5.74) is 0.484. The minimum Gasteiger partial charge on any atom is -0.349 e. The van der Waals surface area contributed by atoms with Crippen molar-refractivity contribution in [2.24, 2.45) is 0 Å². The van der Waals surface area contributed by atoms with Crippen molar-refractivity contribution in [3.63, 3.8) is 0 Å². The number of benzene rings is 1. The maximum Gasteiger partial charge on any atom is 0.453 e. The van der Waals surface area contributed by atoms with Crippen molar-refractivity contribution in [2.45, 2.75) is 57.3 Å². The third-order valence-corrected chi connectivity index (χ3v) is 4.57. The molecule has 9 heteroatoms. The molecule has 1 aliphatic rings. The molecule has 0 aliphatic heterocycles. The highest BCUT2D eigenvalue weighted by atomic mass is 19.4. The second kappa shape index (κ2) is 8.06. The van der Waals surface area contributed by atoms with Gasteiger partial charge in [0, 0.05) is 0 Å². The zero-order chi connectivity index (χ0) is 19.4. The summed E-state index contributed by atoms with van der Waals surface area (Å²) in [7, 11) is 0. The summed E-state index contributed by atoms with van der Waals surface area (Å²) in [6.07, 6.45) is -0.316. The van der Waals surface area contributed by atoms with Crippen molar-refractivity contribution < 1.29 is 22.4 Å². The van der Waals surface area contributed by atoms with Crippen molar-refractivity contribution in [1.29, 1.82) is 0 Å². The van der Waals surface area contributed by atoms with Crippen LogP contribution in [0.3, 0.4) is 0 Å². The van der Waals surface area contributed by atoms with Crippen LogP contribution in [0.2, 0.25) is 0 Å². The number of amides is 1. The Labute approximate surface area is 153 Å². The lowest BCUT2D eigenvalue weighted by molar-refractivity contribution is -0.145. The van der Waals surface area contributed by atoms with Crippen LogP contribution in [-0.2, 0) is 23.9 Å². The van der Waals surface area contributed by atoms with E-state index in [-0.39, 0.29) is 24.8 Å². The Morgan fingerprint density at radius 1 is 1.22 bits per heavy atom. The first-order valence-corrected chi connectivity index (χ1v) is 8.86. The van der Waals surface area contributed by atoms with E-state index < -0.39 is 23.7 Å². The van der Waals surface area contributed by atoms with E-state index >= 15 is 0 Å². The number of carbonyl (C=O) groups is 1. The highest BCUT2D eigenvalue weighted by Crippen LogP contribution is 2.31. The number of nitrogens with one attached hydrogen (secondary N) is 1. The van der Waals surface area contributed by atoms with Crippen LogP contribution < -0.4 is 5.32 Å². The van der Waals surface area contributed by atoms with Gasteiger partial charge in [-0.15, -0.1) is 5.10 Å². The molecule has 1 aromatic heterocycles. The summed E-state index contributed by atoms with van der Waals surface area (Å²) in [6.45, 7) is -0.159. The SMILES string of the molecule is O=C(Cc1cccc(F)c1)NCc1nc(C(F)(F)F)nn1C1CCCCC1. The third-order valence-electron chi connectivity index (χ3n) is 4.57. The van der Waals surface area contributed by atoms with Crippen LogP contribution in [0.5, 0.6) is 0 Å². The molecule has 27 heavy (non-hydrogen) atoms. The van der Waals surface area contributed by atoms with Gasteiger partial charge in [-0.25, -0.2) is 14.1 Å². The fraction of sp³-hybridized carbons (Fsp3) is 0.500. The Morgan fingerprint density at radius 3 is 2.63 bits per heavy atom. The number of alkyl halides is 3. The molecule has 0 saturated heterocycles. The lowest BCUT2D eigenvalue weighted by Gasteiger charge is -2.23. The number of carbonyl (C=O) groups excluding carboxylic acids is 1. The normalized spacial score (nSPS) is 15.7. The van der Waals surface area contributed by atoms with Crippen LogP contribution in [0, 0.1) is 5.82 Å². The van der Waals surface area contributed by atoms with E-state index in [0.717, 1.165) is 32.1 Å². The van der Waals surface area contributed by atoms with Gasteiger partial charge in [0.15, 0.2) is 0 Å². The molecule has 1 N–H and O–H groups in total. The third kappa shape index (κ3) is 5.05. The number of rotatable bonds is 5. The van der Waals surface area contributed by atoms with Crippen LogP contribution in [-0.4, -0.2) is 20.7 Å². The van der Waals surface area contributed by atoms with Crippen LogP contribution >= 0.6 is 0 Å². The van der Waals surface area contributed by atoms with Crippen molar-refractivity contribution in [3.8, 4) is 0 Å². The maximum absolute atomic E-state index is 13.2. The molecule has 1 fully saturated rings. The molecule has 1 aromatic carbocycles. The zero-order valence-electron chi connectivity index (χ0n) is 14.6. The molecule has 0 atom stereocenters. The van der Waals surface area contributed by atoms with Gasteiger partial charge in [0.1, 0.15) is 11.6 Å². The summed E-state index contributed by atoms with van der Waals surface area (Å²) in [6, 6.07) is 5.47. The van der Waals surface area contributed by atoms with Gasteiger partial charge in [0.25, 0.3) is 5.82 Å². The molecule has 146 valence electrons. The number of hydrogen-bond donors (Lipinski definition) is 1. The molecular weight excluding hydrogens is 364 g/mol. The fourth-order valence-corrected chi connectivity index (χ4v) is 3.29. The minimum atomic E-state index is -4.64. The Hall–Kier alpha value is -2.45. The standard InChI is InChI=1S/C18H20F4N4O/c19-13-6-4-5-12(9-13)10-16(27)23-11-15-24-17(18(20,21)22)25-26(15)14-7-2-1-3-8-14/h4-6,9,14H,1-3,7-8,10-11H2,(H,23,27). The first-order valence-electron chi connectivity index (χ1n) is 8.86. The monoisotopic (exact) mass is 384 g/mol. The number of hydrogen-bond acceptors (Lipinski definition) is 3. The Morgan fingerprint density at radius 2 is 1.96 bits per heavy atom. The number of aromatic nitrogens is 3. The van der Waals surface area contributed by atoms with Crippen LogP contribution in [0.4, 0.5) is 17.6 Å². The summed E-state index contributed by atoms with van der Waals surface area (Å²) in [4.78, 5) is 15.7. The topological polar surface area (TPSA) is 59.8 Å². The van der Waals surface area contributed by atoms with Crippen molar-refractivity contribution in [2.75, 3.05) is 0 Å².